The maximum absolute atomic E-state index is 12.4. The lowest BCUT2D eigenvalue weighted by molar-refractivity contribution is 0.00578. The van der Waals surface area contributed by atoms with Gasteiger partial charge in [0.15, 0.2) is 0 Å². The van der Waals surface area contributed by atoms with Gasteiger partial charge in [0, 0.05) is 6.54 Å². The van der Waals surface area contributed by atoms with E-state index in [1.807, 2.05) is 71.0 Å². The van der Waals surface area contributed by atoms with Crippen LogP contribution in [0.2, 0.25) is 0 Å². The Hall–Kier alpha value is -1.79. The van der Waals surface area contributed by atoms with Gasteiger partial charge in [0.25, 0.3) is 0 Å². The molecule has 3 rings (SSSR count). The van der Waals surface area contributed by atoms with Crippen molar-refractivity contribution in [2.45, 2.75) is 58.5 Å². The number of rotatable bonds is 3. The minimum Gasteiger partial charge on any atom is -0.445 e. The number of amides is 1. The Morgan fingerprint density at radius 1 is 1.20 bits per heavy atom. The van der Waals surface area contributed by atoms with Gasteiger partial charge in [-0.1, -0.05) is 36.4 Å². The molecule has 0 aliphatic carbocycles. The molecular weight excluding hydrogens is 317 g/mol. The highest BCUT2D eigenvalue weighted by atomic mass is 16.7. The number of nitrogens with zero attached hydrogens (tertiary/aromatic N) is 1. The molecule has 134 valence electrons. The van der Waals surface area contributed by atoms with Crippen molar-refractivity contribution in [2.24, 2.45) is 0 Å². The van der Waals surface area contributed by atoms with Crippen molar-refractivity contribution in [3.05, 3.63) is 47.4 Å². The molecule has 0 N–H and O–H groups in total. The van der Waals surface area contributed by atoms with Crippen LogP contribution >= 0.6 is 0 Å². The largest absolute Gasteiger partial charge is 0.492 e. The zero-order valence-corrected chi connectivity index (χ0v) is 15.6. The molecule has 2 aliphatic heterocycles. The second kappa shape index (κ2) is 6.50. The van der Waals surface area contributed by atoms with Gasteiger partial charge in [-0.3, -0.25) is 4.90 Å². The molecule has 2 aliphatic rings. The molecule has 0 bridgehead atoms. The standard InChI is InChI=1S/C19H26BNO4/c1-14-16(20-24-18(2,3)19(4,5)25-20)11-12-21(14)17(22)23-13-15-9-7-6-8-10-15/h6-11,14H,12-13H2,1-5H3. The van der Waals surface area contributed by atoms with Crippen molar-refractivity contribution in [1.29, 1.82) is 0 Å². The van der Waals surface area contributed by atoms with E-state index in [1.54, 1.807) is 4.90 Å². The van der Waals surface area contributed by atoms with Gasteiger partial charge in [-0.2, -0.15) is 0 Å². The van der Waals surface area contributed by atoms with E-state index < -0.39 is 7.12 Å². The van der Waals surface area contributed by atoms with Crippen molar-refractivity contribution in [3.63, 3.8) is 0 Å². The summed E-state index contributed by atoms with van der Waals surface area (Å²) in [5.41, 5.74) is 1.18. The lowest BCUT2D eigenvalue weighted by Crippen LogP contribution is -2.41. The van der Waals surface area contributed by atoms with Gasteiger partial charge in [-0.15, -0.1) is 0 Å². The average Bonchev–Trinajstić information content (AvgIpc) is 3.03. The molecule has 25 heavy (non-hydrogen) atoms. The van der Waals surface area contributed by atoms with Crippen LogP contribution in [0.4, 0.5) is 4.79 Å². The Bertz CT molecular complexity index is 655. The molecule has 1 aromatic rings. The molecule has 2 heterocycles. The molecular formula is C19H26BNO4. The van der Waals surface area contributed by atoms with Crippen LogP contribution in [0.5, 0.6) is 0 Å². The molecule has 0 spiro atoms. The third kappa shape index (κ3) is 3.46. The molecule has 1 amide bonds. The summed E-state index contributed by atoms with van der Waals surface area (Å²) in [6.45, 7) is 10.9. The summed E-state index contributed by atoms with van der Waals surface area (Å²) in [7, 11) is -0.424. The van der Waals surface area contributed by atoms with Crippen LogP contribution in [-0.2, 0) is 20.7 Å². The zero-order chi connectivity index (χ0) is 18.2. The number of carbonyl (C=O) groups is 1. The van der Waals surface area contributed by atoms with Gasteiger partial charge in [0.2, 0.25) is 0 Å². The van der Waals surface area contributed by atoms with E-state index in [1.165, 1.54) is 0 Å². The Labute approximate surface area is 150 Å². The van der Waals surface area contributed by atoms with Gasteiger partial charge in [-0.25, -0.2) is 4.79 Å². The average molecular weight is 343 g/mol. The topological polar surface area (TPSA) is 48.0 Å². The fourth-order valence-electron chi connectivity index (χ4n) is 3.02. The minimum atomic E-state index is -0.424. The highest BCUT2D eigenvalue weighted by molar-refractivity contribution is 6.55. The van der Waals surface area contributed by atoms with E-state index in [4.69, 9.17) is 14.0 Å². The minimum absolute atomic E-state index is 0.113. The van der Waals surface area contributed by atoms with Crippen molar-refractivity contribution in [3.8, 4) is 0 Å². The summed E-state index contributed by atoms with van der Waals surface area (Å²) in [6.07, 6.45) is 1.69. The Kier molecular flexibility index (Phi) is 4.69. The van der Waals surface area contributed by atoms with Crippen LogP contribution in [0.1, 0.15) is 40.2 Å². The third-order valence-corrected chi connectivity index (χ3v) is 5.44. The smallest absolute Gasteiger partial charge is 0.445 e. The number of carbonyl (C=O) groups excluding carboxylic acids is 1. The normalized spacial score (nSPS) is 24.4. The highest BCUT2D eigenvalue weighted by Crippen LogP contribution is 2.40. The van der Waals surface area contributed by atoms with Crippen LogP contribution in [0.15, 0.2) is 41.9 Å². The van der Waals surface area contributed by atoms with Crippen LogP contribution < -0.4 is 0 Å². The predicted octanol–water partition coefficient (Wildman–Crippen LogP) is 3.59. The first-order valence-electron chi connectivity index (χ1n) is 8.74. The summed E-state index contributed by atoms with van der Waals surface area (Å²) >= 11 is 0. The molecule has 5 nitrogen and oxygen atoms in total. The molecule has 1 saturated heterocycles. The SMILES string of the molecule is CC1C(B2OC(C)(C)C(C)(C)O2)=CCN1C(=O)OCc1ccccc1. The monoisotopic (exact) mass is 343 g/mol. The van der Waals surface area contributed by atoms with Crippen LogP contribution in [0.25, 0.3) is 0 Å². The van der Waals surface area contributed by atoms with Crippen LogP contribution in [0, 0.1) is 0 Å². The zero-order valence-electron chi connectivity index (χ0n) is 15.6. The van der Waals surface area contributed by atoms with Crippen molar-refractivity contribution in [2.75, 3.05) is 6.54 Å². The molecule has 6 heteroatoms. The fourth-order valence-corrected chi connectivity index (χ4v) is 3.02. The maximum Gasteiger partial charge on any atom is 0.492 e. The molecule has 0 radical (unpaired) electrons. The van der Waals surface area contributed by atoms with E-state index in [0.717, 1.165) is 11.0 Å². The molecule has 1 atom stereocenters. The van der Waals surface area contributed by atoms with Gasteiger partial charge in [-0.05, 0) is 45.7 Å². The number of benzene rings is 1. The summed E-state index contributed by atoms with van der Waals surface area (Å²) in [6, 6.07) is 9.56. The highest BCUT2D eigenvalue weighted by Gasteiger charge is 2.54. The second-order valence-corrected chi connectivity index (χ2v) is 7.66. The lowest BCUT2D eigenvalue weighted by Gasteiger charge is -2.32. The number of hydrogen-bond acceptors (Lipinski definition) is 4. The Balaban J connectivity index is 1.60. The number of hydrogen-bond donors (Lipinski definition) is 0. The van der Waals surface area contributed by atoms with Crippen molar-refractivity contribution >= 4 is 13.2 Å². The summed E-state index contributed by atoms with van der Waals surface area (Å²) in [5.74, 6) is 0. The van der Waals surface area contributed by atoms with Crippen LogP contribution in [-0.4, -0.2) is 41.9 Å². The van der Waals surface area contributed by atoms with Crippen molar-refractivity contribution < 1.29 is 18.8 Å². The maximum atomic E-state index is 12.4. The van der Waals surface area contributed by atoms with Crippen LogP contribution in [0.3, 0.4) is 0 Å². The summed E-state index contributed by atoms with van der Waals surface area (Å²) in [4.78, 5) is 14.1. The molecule has 1 fully saturated rings. The second-order valence-electron chi connectivity index (χ2n) is 7.66. The van der Waals surface area contributed by atoms with Gasteiger partial charge in [0.1, 0.15) is 6.61 Å². The molecule has 1 aromatic carbocycles. The van der Waals surface area contributed by atoms with E-state index in [-0.39, 0.29) is 29.9 Å². The Morgan fingerprint density at radius 2 is 1.80 bits per heavy atom. The van der Waals surface area contributed by atoms with Crippen molar-refractivity contribution in [1.82, 2.24) is 4.90 Å². The van der Waals surface area contributed by atoms with E-state index in [0.29, 0.717) is 6.54 Å². The number of ether oxygens (including phenoxy) is 1. The fraction of sp³-hybridized carbons (Fsp3) is 0.526. The molecule has 0 aromatic heterocycles. The lowest BCUT2D eigenvalue weighted by atomic mass is 9.75. The van der Waals surface area contributed by atoms with Gasteiger partial charge >= 0.3 is 13.2 Å². The van der Waals surface area contributed by atoms with E-state index >= 15 is 0 Å². The van der Waals surface area contributed by atoms with Gasteiger partial charge < -0.3 is 14.0 Å². The Morgan fingerprint density at radius 3 is 2.40 bits per heavy atom. The van der Waals surface area contributed by atoms with E-state index in [2.05, 4.69) is 0 Å². The van der Waals surface area contributed by atoms with Gasteiger partial charge in [0.05, 0.1) is 17.2 Å². The molecule has 1 unspecified atom stereocenters. The quantitative estimate of drug-likeness (QED) is 0.787. The first-order valence-corrected chi connectivity index (χ1v) is 8.74. The summed E-state index contributed by atoms with van der Waals surface area (Å²) in [5, 5.41) is 0. The summed E-state index contributed by atoms with van der Waals surface area (Å²) < 4.78 is 17.7. The first-order chi connectivity index (χ1) is 11.7. The molecule has 0 saturated carbocycles. The third-order valence-electron chi connectivity index (χ3n) is 5.44. The predicted molar refractivity (Wildman–Crippen MR) is 97.0 cm³/mol. The first kappa shape index (κ1) is 18.0. The van der Waals surface area contributed by atoms with E-state index in [9.17, 15) is 4.79 Å².